The van der Waals surface area contributed by atoms with E-state index in [0.29, 0.717) is 70.7 Å². The molecule has 2 bridgehead atoms. The maximum atomic E-state index is 14.0. The third kappa shape index (κ3) is 6.32. The van der Waals surface area contributed by atoms with Crippen LogP contribution in [0.5, 0.6) is 0 Å². The normalized spacial score (nSPS) is 19.0. The van der Waals surface area contributed by atoms with Crippen LogP contribution in [0.3, 0.4) is 0 Å². The molecule has 7 rings (SSSR count). The quantitative estimate of drug-likeness (QED) is 0.215. The summed E-state index contributed by atoms with van der Waals surface area (Å²) in [6.45, 7) is 3.21. The van der Waals surface area contributed by atoms with Gasteiger partial charge in [0, 0.05) is 59.3 Å². The second-order valence-corrected chi connectivity index (χ2v) is 13.2. The molecule has 1 fully saturated rings. The van der Waals surface area contributed by atoms with Crippen molar-refractivity contribution in [2.24, 2.45) is 5.92 Å². The molecule has 1 aromatic carbocycles. The van der Waals surface area contributed by atoms with E-state index >= 15 is 0 Å². The van der Waals surface area contributed by atoms with Crippen LogP contribution < -0.4 is 10.9 Å². The van der Waals surface area contributed by atoms with Crippen molar-refractivity contribution in [1.82, 2.24) is 34.3 Å². The number of nitrogens with zero attached hydrogens (tertiary/aromatic N) is 7. The number of rotatable bonds is 4. The predicted octanol–water partition coefficient (Wildman–Crippen LogP) is 7.01. The SMILES string of the molecule is C[C@@H]1CCC[C@H](n2cc(Cl)c(-c3cc(Cl)ccc3-n3cc(Cl)nn3)cc2=O)c2cc(ccn2)-c2c(cnn2C2CCOCC2)NC1=O. The number of benzene rings is 1. The fourth-order valence-corrected chi connectivity index (χ4v) is 6.98. The summed E-state index contributed by atoms with van der Waals surface area (Å²) in [6, 6.07) is 10.3. The largest absolute Gasteiger partial charge is 0.381 e. The topological polar surface area (TPSA) is 122 Å². The van der Waals surface area contributed by atoms with Crippen LogP contribution in [0.15, 0.2) is 66.0 Å². The fourth-order valence-electron chi connectivity index (χ4n) is 6.42. The molecule has 1 N–H and O–H groups in total. The molecule has 242 valence electrons. The van der Waals surface area contributed by atoms with Gasteiger partial charge >= 0.3 is 0 Å². The molecule has 4 aromatic heterocycles. The summed E-state index contributed by atoms with van der Waals surface area (Å²) in [5, 5.41) is 16.8. The van der Waals surface area contributed by atoms with Gasteiger partial charge in [0.05, 0.1) is 52.3 Å². The molecule has 2 atom stereocenters. The van der Waals surface area contributed by atoms with Crippen molar-refractivity contribution in [1.29, 1.82) is 0 Å². The Labute approximate surface area is 285 Å². The second-order valence-electron chi connectivity index (χ2n) is 11.9. The fraction of sp³-hybridized carbons (Fsp3) is 0.333. The maximum Gasteiger partial charge on any atom is 0.251 e. The van der Waals surface area contributed by atoms with E-state index < -0.39 is 6.04 Å². The van der Waals surface area contributed by atoms with Gasteiger partial charge in [0.25, 0.3) is 5.56 Å². The molecule has 47 heavy (non-hydrogen) atoms. The minimum Gasteiger partial charge on any atom is -0.381 e. The second kappa shape index (κ2) is 13.2. The highest BCUT2D eigenvalue weighted by Gasteiger charge is 2.27. The molecular formula is C33H31Cl3N8O3. The van der Waals surface area contributed by atoms with Crippen LogP contribution in [-0.2, 0) is 9.53 Å². The van der Waals surface area contributed by atoms with Crippen LogP contribution in [0.25, 0.3) is 28.1 Å². The zero-order chi connectivity index (χ0) is 32.7. The van der Waals surface area contributed by atoms with Crippen molar-refractivity contribution in [3.8, 4) is 28.1 Å². The first kappa shape index (κ1) is 31.6. The van der Waals surface area contributed by atoms with E-state index in [1.54, 1.807) is 47.6 Å². The average molecular weight is 694 g/mol. The third-order valence-electron chi connectivity index (χ3n) is 8.88. The Morgan fingerprint density at radius 3 is 2.57 bits per heavy atom. The van der Waals surface area contributed by atoms with Crippen molar-refractivity contribution in [2.45, 2.75) is 51.1 Å². The van der Waals surface area contributed by atoms with Gasteiger partial charge in [0.1, 0.15) is 0 Å². The number of ether oxygens (including phenoxy) is 1. The minimum atomic E-state index is -0.445. The lowest BCUT2D eigenvalue weighted by Crippen LogP contribution is -2.27. The van der Waals surface area contributed by atoms with E-state index in [2.05, 4.69) is 15.6 Å². The summed E-state index contributed by atoms with van der Waals surface area (Å²) in [5.41, 5.74) is 4.44. The van der Waals surface area contributed by atoms with Crippen LogP contribution >= 0.6 is 34.8 Å². The molecule has 11 nitrogen and oxygen atoms in total. The number of fused-ring (bicyclic) bond motifs is 4. The molecule has 1 saturated heterocycles. The Morgan fingerprint density at radius 2 is 1.79 bits per heavy atom. The first-order chi connectivity index (χ1) is 22.8. The van der Waals surface area contributed by atoms with E-state index in [0.717, 1.165) is 24.1 Å². The monoisotopic (exact) mass is 692 g/mol. The zero-order valence-electron chi connectivity index (χ0n) is 25.4. The molecule has 0 radical (unpaired) electrons. The van der Waals surface area contributed by atoms with Gasteiger partial charge in [-0.05, 0) is 56.0 Å². The number of aromatic nitrogens is 7. The smallest absolute Gasteiger partial charge is 0.251 e. The molecule has 1 amide bonds. The zero-order valence-corrected chi connectivity index (χ0v) is 27.7. The van der Waals surface area contributed by atoms with Gasteiger partial charge < -0.3 is 14.6 Å². The summed E-state index contributed by atoms with van der Waals surface area (Å²) >= 11 is 19.4. The van der Waals surface area contributed by atoms with Crippen LogP contribution in [0.2, 0.25) is 15.2 Å². The Balaban J connectivity index is 1.33. The summed E-state index contributed by atoms with van der Waals surface area (Å²) in [6.07, 6.45) is 10.2. The van der Waals surface area contributed by atoms with Gasteiger partial charge in [0.15, 0.2) is 5.15 Å². The number of carbonyl (C=O) groups is 1. The van der Waals surface area contributed by atoms with E-state index in [9.17, 15) is 9.59 Å². The lowest BCUT2D eigenvalue weighted by atomic mass is 9.96. The number of pyridine rings is 2. The molecule has 5 aromatic rings. The Hall–Kier alpha value is -4.03. The van der Waals surface area contributed by atoms with Gasteiger partial charge in [-0.25, -0.2) is 4.68 Å². The molecule has 2 aliphatic heterocycles. The summed E-state index contributed by atoms with van der Waals surface area (Å²) in [5.74, 6) is -0.324. The number of nitrogens with one attached hydrogen (secondary N) is 1. The van der Waals surface area contributed by atoms with Crippen molar-refractivity contribution < 1.29 is 9.53 Å². The molecule has 0 unspecified atom stereocenters. The number of halogens is 3. The van der Waals surface area contributed by atoms with E-state index in [-0.39, 0.29) is 28.6 Å². The van der Waals surface area contributed by atoms with Gasteiger partial charge in [-0.1, -0.05) is 53.4 Å². The molecule has 0 aliphatic carbocycles. The number of hydrogen-bond acceptors (Lipinski definition) is 7. The van der Waals surface area contributed by atoms with Crippen molar-refractivity contribution in [3.05, 3.63) is 92.4 Å². The minimum absolute atomic E-state index is 0.0697. The lowest BCUT2D eigenvalue weighted by Gasteiger charge is -2.26. The standard InChI is InChI=1S/C33H31Cl3N8O3/c1-19-3-2-4-29(26-13-20(7-10-37-26)32-27(39-33(19)46)16-38-44(32)22-8-11-47-12-9-22)42-17-25(35)23(15-31(42)45)24-14-21(34)5-6-28(24)43-18-30(36)40-41-43/h5-7,10,13-19,22,29H,2-4,8-9,11-12H2,1H3,(H,39,46)/t19-,29+/m1/s1. The molecule has 14 heteroatoms. The van der Waals surface area contributed by atoms with Gasteiger partial charge in [0.2, 0.25) is 5.91 Å². The Kier molecular flexibility index (Phi) is 8.89. The van der Waals surface area contributed by atoms with Crippen molar-refractivity contribution in [3.63, 3.8) is 0 Å². The molecular weight excluding hydrogens is 663 g/mol. The van der Waals surface area contributed by atoms with E-state index in [4.69, 9.17) is 49.6 Å². The number of carbonyl (C=O) groups excluding carboxylic acids is 1. The first-order valence-corrected chi connectivity index (χ1v) is 16.6. The summed E-state index contributed by atoms with van der Waals surface area (Å²) in [7, 11) is 0. The van der Waals surface area contributed by atoms with Gasteiger partial charge in [-0.15, -0.1) is 5.10 Å². The highest BCUT2D eigenvalue weighted by molar-refractivity contribution is 6.34. The first-order valence-electron chi connectivity index (χ1n) is 15.5. The molecule has 6 heterocycles. The van der Waals surface area contributed by atoms with E-state index in [1.807, 2.05) is 23.7 Å². The van der Waals surface area contributed by atoms with Crippen molar-refractivity contribution in [2.75, 3.05) is 18.5 Å². The number of amides is 1. The van der Waals surface area contributed by atoms with Crippen LogP contribution in [0.4, 0.5) is 5.69 Å². The average Bonchev–Trinajstić information content (AvgIpc) is 3.70. The summed E-state index contributed by atoms with van der Waals surface area (Å²) in [4.78, 5) is 32.1. The number of anilines is 1. The summed E-state index contributed by atoms with van der Waals surface area (Å²) < 4.78 is 10.7. The van der Waals surface area contributed by atoms with Crippen LogP contribution in [0.1, 0.15) is 56.8 Å². The van der Waals surface area contributed by atoms with Gasteiger partial charge in [-0.2, -0.15) is 5.10 Å². The maximum absolute atomic E-state index is 14.0. The highest BCUT2D eigenvalue weighted by Crippen LogP contribution is 2.38. The van der Waals surface area contributed by atoms with Crippen molar-refractivity contribution >= 4 is 46.4 Å². The van der Waals surface area contributed by atoms with E-state index in [1.165, 1.54) is 10.7 Å². The Bertz CT molecular complexity index is 2020. The lowest BCUT2D eigenvalue weighted by molar-refractivity contribution is -0.119. The van der Waals surface area contributed by atoms with Gasteiger partial charge in [-0.3, -0.25) is 19.3 Å². The Morgan fingerprint density at radius 1 is 0.957 bits per heavy atom. The third-order valence-corrected chi connectivity index (χ3v) is 9.59. The molecule has 0 spiro atoms. The van der Waals surface area contributed by atoms with Crippen LogP contribution in [0, 0.1) is 5.92 Å². The van der Waals surface area contributed by atoms with Crippen LogP contribution in [-0.4, -0.2) is 53.4 Å². The molecule has 2 aliphatic rings. The highest BCUT2D eigenvalue weighted by atomic mass is 35.5. The number of hydrogen-bond donors (Lipinski definition) is 1. The predicted molar refractivity (Wildman–Crippen MR) is 180 cm³/mol. The molecule has 0 saturated carbocycles.